The maximum Gasteiger partial charge on any atom is 0.327 e. The summed E-state index contributed by atoms with van der Waals surface area (Å²) in [5.74, 6) is -0.478. The van der Waals surface area contributed by atoms with Gasteiger partial charge in [0.15, 0.2) is 0 Å². The quantitative estimate of drug-likeness (QED) is 0.674. The molecule has 1 aromatic carbocycles. The van der Waals surface area contributed by atoms with Crippen LogP contribution in [0.1, 0.15) is 16.8 Å². The van der Waals surface area contributed by atoms with Crippen LogP contribution in [0, 0.1) is 18.2 Å². The van der Waals surface area contributed by atoms with Crippen LogP contribution >= 0.6 is 0 Å². The van der Waals surface area contributed by atoms with Gasteiger partial charge >= 0.3 is 5.97 Å². The Morgan fingerprint density at radius 3 is 2.72 bits per heavy atom. The van der Waals surface area contributed by atoms with Crippen molar-refractivity contribution in [1.29, 1.82) is 0 Å². The first kappa shape index (κ1) is 13.5. The normalized spacial score (nSPS) is 11.3. The Bertz CT molecular complexity index is 523. The molecular formula is C12H11FN2O3. The SMILES string of the molecule is C#CCC(Nc1ccc(F)cc1C(N)=O)C(=O)O. The molecule has 0 spiro atoms. The molecule has 0 fully saturated rings. The molecular weight excluding hydrogens is 239 g/mol. The highest BCUT2D eigenvalue weighted by atomic mass is 19.1. The minimum Gasteiger partial charge on any atom is -0.480 e. The second-order valence-corrected chi connectivity index (χ2v) is 3.50. The summed E-state index contributed by atoms with van der Waals surface area (Å²) in [6.07, 6.45) is 4.96. The fourth-order valence-corrected chi connectivity index (χ4v) is 1.35. The minimum atomic E-state index is -1.17. The standard InChI is InChI=1S/C12H11FN2O3/c1-2-3-10(12(17)18)15-9-5-4-7(13)6-8(9)11(14)16/h1,4-6,10,15H,3H2,(H2,14,16)(H,17,18). The van der Waals surface area contributed by atoms with Gasteiger partial charge in [0.25, 0.3) is 5.91 Å². The summed E-state index contributed by atoms with van der Waals surface area (Å²) in [7, 11) is 0. The maximum atomic E-state index is 13.0. The lowest BCUT2D eigenvalue weighted by Gasteiger charge is -2.15. The van der Waals surface area contributed by atoms with E-state index in [1.807, 2.05) is 0 Å². The Labute approximate surface area is 103 Å². The molecule has 0 radical (unpaired) electrons. The van der Waals surface area contributed by atoms with Crippen LogP contribution in [0.3, 0.4) is 0 Å². The van der Waals surface area contributed by atoms with E-state index in [0.717, 1.165) is 12.1 Å². The second kappa shape index (κ2) is 5.68. The van der Waals surface area contributed by atoms with Crippen LogP contribution in [0.25, 0.3) is 0 Å². The molecule has 0 aliphatic heterocycles. The Kier molecular flexibility index (Phi) is 4.27. The third-order valence-electron chi connectivity index (χ3n) is 2.20. The molecule has 1 amide bonds. The van der Waals surface area contributed by atoms with Crippen molar-refractivity contribution in [2.75, 3.05) is 5.32 Å². The predicted octanol–water partition coefficient (Wildman–Crippen LogP) is 0.813. The van der Waals surface area contributed by atoms with Crippen LogP contribution in [-0.4, -0.2) is 23.0 Å². The van der Waals surface area contributed by atoms with Crippen molar-refractivity contribution in [1.82, 2.24) is 0 Å². The number of anilines is 1. The van der Waals surface area contributed by atoms with Gasteiger partial charge in [-0.25, -0.2) is 9.18 Å². The molecule has 4 N–H and O–H groups in total. The molecule has 0 aliphatic rings. The van der Waals surface area contributed by atoms with Gasteiger partial charge in [-0.1, -0.05) is 0 Å². The molecule has 5 nitrogen and oxygen atoms in total. The number of nitrogens with one attached hydrogen (secondary N) is 1. The van der Waals surface area contributed by atoms with Gasteiger partial charge in [0.05, 0.1) is 5.56 Å². The second-order valence-electron chi connectivity index (χ2n) is 3.50. The molecule has 1 unspecified atom stereocenters. The third kappa shape index (κ3) is 3.22. The number of carbonyl (C=O) groups excluding carboxylic acids is 1. The summed E-state index contributed by atoms with van der Waals surface area (Å²) in [5.41, 5.74) is 5.08. The average molecular weight is 250 g/mol. The molecule has 0 bridgehead atoms. The average Bonchev–Trinajstić information content (AvgIpc) is 2.30. The number of hydrogen-bond donors (Lipinski definition) is 3. The number of hydrogen-bond acceptors (Lipinski definition) is 3. The first-order valence-electron chi connectivity index (χ1n) is 4.98. The van der Waals surface area contributed by atoms with Gasteiger partial charge in [0.2, 0.25) is 0 Å². The predicted molar refractivity (Wildman–Crippen MR) is 63.4 cm³/mol. The van der Waals surface area contributed by atoms with Gasteiger partial charge < -0.3 is 16.2 Å². The minimum absolute atomic E-state index is 0.0785. The van der Waals surface area contributed by atoms with Gasteiger partial charge in [-0.15, -0.1) is 12.3 Å². The van der Waals surface area contributed by atoms with Gasteiger partial charge in [-0.3, -0.25) is 4.79 Å². The molecule has 1 atom stereocenters. The summed E-state index contributed by atoms with van der Waals surface area (Å²) in [5, 5.41) is 11.4. The first-order valence-corrected chi connectivity index (χ1v) is 4.98. The third-order valence-corrected chi connectivity index (χ3v) is 2.20. The number of benzene rings is 1. The Morgan fingerprint density at radius 2 is 2.22 bits per heavy atom. The van der Waals surface area contributed by atoms with Crippen molar-refractivity contribution >= 4 is 17.6 Å². The molecule has 94 valence electrons. The fourth-order valence-electron chi connectivity index (χ4n) is 1.35. The molecule has 6 heteroatoms. The van der Waals surface area contributed by atoms with E-state index in [4.69, 9.17) is 17.3 Å². The lowest BCUT2D eigenvalue weighted by atomic mass is 10.1. The Morgan fingerprint density at radius 1 is 1.56 bits per heavy atom. The Hall–Kier alpha value is -2.55. The van der Waals surface area contributed by atoms with Crippen molar-refractivity contribution in [3.63, 3.8) is 0 Å². The van der Waals surface area contributed by atoms with E-state index in [-0.39, 0.29) is 17.7 Å². The number of nitrogens with two attached hydrogens (primary N) is 1. The van der Waals surface area contributed by atoms with E-state index in [1.54, 1.807) is 0 Å². The first-order chi connectivity index (χ1) is 8.45. The van der Waals surface area contributed by atoms with E-state index < -0.39 is 23.7 Å². The van der Waals surface area contributed by atoms with Gasteiger partial charge in [0, 0.05) is 12.1 Å². The largest absolute Gasteiger partial charge is 0.480 e. The van der Waals surface area contributed by atoms with Crippen molar-refractivity contribution in [2.45, 2.75) is 12.5 Å². The summed E-state index contributed by atoms with van der Waals surface area (Å²) in [6, 6.07) is 2.18. The zero-order valence-electron chi connectivity index (χ0n) is 9.31. The molecule has 0 saturated carbocycles. The van der Waals surface area contributed by atoms with Crippen molar-refractivity contribution in [3.05, 3.63) is 29.6 Å². The smallest absolute Gasteiger partial charge is 0.327 e. The molecule has 0 aliphatic carbocycles. The van der Waals surface area contributed by atoms with Crippen LogP contribution < -0.4 is 11.1 Å². The van der Waals surface area contributed by atoms with Crippen LogP contribution in [0.4, 0.5) is 10.1 Å². The van der Waals surface area contributed by atoms with E-state index in [9.17, 15) is 14.0 Å². The molecule has 18 heavy (non-hydrogen) atoms. The molecule has 0 heterocycles. The number of carboxylic acid groups (broad SMARTS) is 1. The number of carboxylic acids is 1. The van der Waals surface area contributed by atoms with Crippen molar-refractivity contribution in [2.24, 2.45) is 5.73 Å². The number of amides is 1. The molecule has 1 rings (SSSR count). The van der Waals surface area contributed by atoms with Crippen LogP contribution in [-0.2, 0) is 4.79 Å². The highest BCUT2D eigenvalue weighted by Gasteiger charge is 2.18. The zero-order valence-corrected chi connectivity index (χ0v) is 9.31. The van der Waals surface area contributed by atoms with Gasteiger partial charge in [-0.2, -0.15) is 0 Å². The summed E-state index contributed by atoms with van der Waals surface area (Å²) in [6.45, 7) is 0. The number of halogens is 1. The van der Waals surface area contributed by atoms with E-state index in [0.29, 0.717) is 0 Å². The number of rotatable bonds is 5. The number of terminal acetylenes is 1. The molecule has 0 saturated heterocycles. The zero-order chi connectivity index (χ0) is 13.7. The van der Waals surface area contributed by atoms with Gasteiger partial charge in [-0.05, 0) is 18.2 Å². The fraction of sp³-hybridized carbons (Fsp3) is 0.167. The monoisotopic (exact) mass is 250 g/mol. The van der Waals surface area contributed by atoms with Crippen molar-refractivity contribution < 1.29 is 19.1 Å². The van der Waals surface area contributed by atoms with E-state index >= 15 is 0 Å². The summed E-state index contributed by atoms with van der Waals surface area (Å²) >= 11 is 0. The van der Waals surface area contributed by atoms with Crippen LogP contribution in [0.2, 0.25) is 0 Å². The van der Waals surface area contributed by atoms with Crippen LogP contribution in [0.15, 0.2) is 18.2 Å². The van der Waals surface area contributed by atoms with Crippen molar-refractivity contribution in [3.8, 4) is 12.3 Å². The summed E-state index contributed by atoms with van der Waals surface area (Å²) < 4.78 is 13.0. The number of carbonyl (C=O) groups is 2. The van der Waals surface area contributed by atoms with E-state index in [1.165, 1.54) is 6.07 Å². The molecule has 1 aromatic rings. The van der Waals surface area contributed by atoms with E-state index in [2.05, 4.69) is 11.2 Å². The molecule has 0 aromatic heterocycles. The van der Waals surface area contributed by atoms with Crippen LogP contribution in [0.5, 0.6) is 0 Å². The highest BCUT2D eigenvalue weighted by molar-refractivity contribution is 5.99. The Balaban J connectivity index is 3.06. The maximum absolute atomic E-state index is 13.0. The number of aliphatic carboxylic acids is 1. The number of primary amides is 1. The summed E-state index contributed by atoms with van der Waals surface area (Å²) in [4.78, 5) is 22.0. The lowest BCUT2D eigenvalue weighted by Crippen LogP contribution is -2.30. The van der Waals surface area contributed by atoms with Gasteiger partial charge in [0.1, 0.15) is 11.9 Å². The topological polar surface area (TPSA) is 92.4 Å². The lowest BCUT2D eigenvalue weighted by molar-refractivity contribution is -0.137. The highest BCUT2D eigenvalue weighted by Crippen LogP contribution is 2.18.